The highest BCUT2D eigenvalue weighted by Crippen LogP contribution is 2.25. The molecule has 1 saturated carbocycles. The molecule has 10 heteroatoms. The van der Waals surface area contributed by atoms with Crippen molar-refractivity contribution in [2.45, 2.75) is 62.8 Å². The second-order valence-corrected chi connectivity index (χ2v) is 10.8. The van der Waals surface area contributed by atoms with Crippen LogP contribution in [0.4, 0.5) is 0 Å². The third-order valence-electron chi connectivity index (χ3n) is 6.64. The molecular formula is C24H34N2O7S. The number of ether oxygens (including phenoxy) is 2. The van der Waals surface area contributed by atoms with Crippen LogP contribution in [0.25, 0.3) is 0 Å². The van der Waals surface area contributed by atoms with Gasteiger partial charge in [0.2, 0.25) is 10.0 Å². The number of carbonyl (C=O) groups excluding carboxylic acids is 3. The highest BCUT2D eigenvalue weighted by atomic mass is 32.2. The number of sulfonamides is 1. The molecule has 0 unspecified atom stereocenters. The van der Waals surface area contributed by atoms with E-state index in [1.54, 1.807) is 18.9 Å². The maximum absolute atomic E-state index is 13.0. The molecule has 9 nitrogen and oxygen atoms in total. The van der Waals surface area contributed by atoms with Gasteiger partial charge in [-0.1, -0.05) is 19.3 Å². The lowest BCUT2D eigenvalue weighted by molar-refractivity contribution is -0.157. The number of hydrogen-bond acceptors (Lipinski definition) is 7. The molecule has 34 heavy (non-hydrogen) atoms. The monoisotopic (exact) mass is 494 g/mol. The summed E-state index contributed by atoms with van der Waals surface area (Å²) in [6.45, 7) is 2.01. The van der Waals surface area contributed by atoms with Crippen LogP contribution in [0.5, 0.6) is 0 Å². The van der Waals surface area contributed by atoms with Crippen molar-refractivity contribution in [3.63, 3.8) is 0 Å². The first-order chi connectivity index (χ1) is 16.2. The molecule has 0 atom stereocenters. The van der Waals surface area contributed by atoms with Gasteiger partial charge in [0.05, 0.1) is 23.0 Å². The van der Waals surface area contributed by atoms with Gasteiger partial charge in [-0.2, -0.15) is 4.31 Å². The average molecular weight is 495 g/mol. The van der Waals surface area contributed by atoms with Crippen LogP contribution in [0.1, 0.15) is 62.2 Å². The maximum Gasteiger partial charge on any atom is 0.338 e. The van der Waals surface area contributed by atoms with Crippen LogP contribution in [-0.4, -0.2) is 74.9 Å². The second-order valence-electron chi connectivity index (χ2n) is 8.83. The minimum atomic E-state index is -3.75. The number of piperidine rings is 1. The SMILES string of the molecule is CCOC(=O)c1ccc(S(=O)(=O)N2CCC(C(=O)OCC(=O)N(C)C3CCCCC3)CC2)cc1. The molecule has 2 fully saturated rings. The molecule has 0 aromatic heterocycles. The van der Waals surface area contributed by atoms with Crippen molar-refractivity contribution >= 4 is 27.9 Å². The van der Waals surface area contributed by atoms with Gasteiger partial charge in [-0.15, -0.1) is 0 Å². The number of likely N-dealkylation sites (N-methyl/N-ethyl adjacent to an activating group) is 1. The first-order valence-corrected chi connectivity index (χ1v) is 13.4. The summed E-state index contributed by atoms with van der Waals surface area (Å²) in [5.41, 5.74) is 0.283. The van der Waals surface area contributed by atoms with Crippen molar-refractivity contribution in [3.05, 3.63) is 29.8 Å². The minimum Gasteiger partial charge on any atom is -0.462 e. The fourth-order valence-corrected chi connectivity index (χ4v) is 5.95. The lowest BCUT2D eigenvalue weighted by Gasteiger charge is -2.32. The molecule has 2 aliphatic rings. The Balaban J connectivity index is 1.48. The van der Waals surface area contributed by atoms with Crippen LogP contribution in [-0.2, 0) is 29.1 Å². The minimum absolute atomic E-state index is 0.0814. The van der Waals surface area contributed by atoms with Gasteiger partial charge in [-0.25, -0.2) is 13.2 Å². The third kappa shape index (κ3) is 6.35. The summed E-state index contributed by atoms with van der Waals surface area (Å²) in [6, 6.07) is 5.83. The van der Waals surface area contributed by atoms with Gasteiger partial charge in [0, 0.05) is 26.2 Å². The Bertz CT molecular complexity index is 964. The fourth-order valence-electron chi connectivity index (χ4n) is 4.48. The zero-order valence-electron chi connectivity index (χ0n) is 19.9. The summed E-state index contributed by atoms with van der Waals surface area (Å²) in [4.78, 5) is 38.4. The molecule has 0 N–H and O–H groups in total. The number of carbonyl (C=O) groups is 3. The largest absolute Gasteiger partial charge is 0.462 e. The molecule has 188 valence electrons. The summed E-state index contributed by atoms with van der Waals surface area (Å²) in [5, 5.41) is 0. The Morgan fingerprint density at radius 1 is 0.971 bits per heavy atom. The number of amides is 1. The average Bonchev–Trinajstić information content (AvgIpc) is 2.87. The smallest absolute Gasteiger partial charge is 0.338 e. The highest BCUT2D eigenvalue weighted by molar-refractivity contribution is 7.89. The standard InChI is InChI=1S/C24H34N2O7S/c1-3-32-23(28)18-9-11-21(12-10-18)34(30,31)26-15-13-19(14-16-26)24(29)33-17-22(27)25(2)20-7-5-4-6-8-20/h9-12,19-20H,3-8,13-17H2,1-2H3. The van der Waals surface area contributed by atoms with Gasteiger partial charge in [0.1, 0.15) is 0 Å². The van der Waals surface area contributed by atoms with Crippen molar-refractivity contribution in [3.8, 4) is 0 Å². The van der Waals surface area contributed by atoms with E-state index in [4.69, 9.17) is 9.47 Å². The second kappa shape index (κ2) is 11.8. The molecule has 1 saturated heterocycles. The molecule has 1 aliphatic carbocycles. The van der Waals surface area contributed by atoms with Crippen molar-refractivity contribution in [1.29, 1.82) is 0 Å². The Morgan fingerprint density at radius 2 is 1.59 bits per heavy atom. The molecule has 1 heterocycles. The lowest BCUT2D eigenvalue weighted by atomic mass is 9.94. The zero-order valence-corrected chi connectivity index (χ0v) is 20.7. The topological polar surface area (TPSA) is 110 Å². The van der Waals surface area contributed by atoms with Crippen LogP contribution in [0, 0.1) is 5.92 Å². The zero-order chi connectivity index (χ0) is 24.7. The van der Waals surface area contributed by atoms with E-state index in [1.165, 1.54) is 35.0 Å². The molecule has 1 aromatic rings. The van der Waals surface area contributed by atoms with Crippen LogP contribution in [0.3, 0.4) is 0 Å². The Morgan fingerprint density at radius 3 is 2.18 bits per heavy atom. The Kier molecular flexibility index (Phi) is 9.07. The fraction of sp³-hybridized carbons (Fsp3) is 0.625. The van der Waals surface area contributed by atoms with E-state index in [-0.39, 0.29) is 48.7 Å². The van der Waals surface area contributed by atoms with Crippen LogP contribution < -0.4 is 0 Å². The van der Waals surface area contributed by atoms with Crippen LogP contribution in [0.2, 0.25) is 0 Å². The van der Waals surface area contributed by atoms with E-state index >= 15 is 0 Å². The van der Waals surface area contributed by atoms with E-state index in [9.17, 15) is 22.8 Å². The van der Waals surface area contributed by atoms with E-state index in [0.29, 0.717) is 12.8 Å². The molecule has 1 aromatic carbocycles. The van der Waals surface area contributed by atoms with E-state index in [0.717, 1.165) is 25.7 Å². The summed E-state index contributed by atoms with van der Waals surface area (Å²) in [7, 11) is -1.99. The first kappa shape index (κ1) is 26.2. The van der Waals surface area contributed by atoms with Gasteiger partial charge < -0.3 is 14.4 Å². The third-order valence-corrected chi connectivity index (χ3v) is 8.56. The molecule has 3 rings (SSSR count). The molecule has 0 spiro atoms. The first-order valence-electron chi connectivity index (χ1n) is 11.9. The van der Waals surface area contributed by atoms with Crippen LogP contribution >= 0.6 is 0 Å². The summed E-state index contributed by atoms with van der Waals surface area (Å²) >= 11 is 0. The van der Waals surface area contributed by atoms with Gasteiger partial charge >= 0.3 is 11.9 Å². The Labute approximate surface area is 201 Å². The number of nitrogens with zero attached hydrogens (tertiary/aromatic N) is 2. The normalized spacial score (nSPS) is 18.3. The van der Waals surface area contributed by atoms with Gasteiger partial charge in [-0.3, -0.25) is 9.59 Å². The molecule has 1 aliphatic heterocycles. The number of benzene rings is 1. The maximum atomic E-state index is 13.0. The lowest BCUT2D eigenvalue weighted by Crippen LogP contribution is -2.42. The van der Waals surface area contributed by atoms with Crippen molar-refractivity contribution in [2.24, 2.45) is 5.92 Å². The Hall–Kier alpha value is -2.46. The number of hydrogen-bond donors (Lipinski definition) is 0. The van der Waals surface area contributed by atoms with Crippen LogP contribution in [0.15, 0.2) is 29.2 Å². The summed E-state index contributed by atoms with van der Waals surface area (Å²) in [5.74, 6) is -1.60. The number of rotatable bonds is 8. The van der Waals surface area contributed by atoms with Gasteiger partial charge in [-0.05, 0) is 56.9 Å². The van der Waals surface area contributed by atoms with Gasteiger partial charge in [0.25, 0.3) is 5.91 Å². The highest BCUT2D eigenvalue weighted by Gasteiger charge is 2.33. The molecular weight excluding hydrogens is 460 g/mol. The predicted octanol–water partition coefficient (Wildman–Crippen LogP) is 2.60. The van der Waals surface area contributed by atoms with E-state index in [1.807, 2.05) is 0 Å². The van der Waals surface area contributed by atoms with E-state index < -0.39 is 27.9 Å². The number of esters is 2. The summed E-state index contributed by atoms with van der Waals surface area (Å²) < 4.78 is 37.4. The predicted molar refractivity (Wildman–Crippen MR) is 124 cm³/mol. The molecule has 0 bridgehead atoms. The molecule has 1 amide bonds. The summed E-state index contributed by atoms with van der Waals surface area (Å²) in [6.07, 6.45) is 6.03. The van der Waals surface area contributed by atoms with Crippen molar-refractivity contribution < 1.29 is 32.3 Å². The van der Waals surface area contributed by atoms with Gasteiger partial charge in [0.15, 0.2) is 6.61 Å². The van der Waals surface area contributed by atoms with Crippen molar-refractivity contribution in [2.75, 3.05) is 33.4 Å². The van der Waals surface area contributed by atoms with E-state index in [2.05, 4.69) is 0 Å². The van der Waals surface area contributed by atoms with Crippen molar-refractivity contribution in [1.82, 2.24) is 9.21 Å². The molecule has 0 radical (unpaired) electrons. The quantitative estimate of drug-likeness (QED) is 0.511.